The Morgan fingerprint density at radius 3 is 2.29 bits per heavy atom. The number of alkyl halides is 3. The molecule has 0 heterocycles. The summed E-state index contributed by atoms with van der Waals surface area (Å²) >= 11 is 5.79. The van der Waals surface area contributed by atoms with E-state index in [0.29, 0.717) is 11.8 Å². The number of carbonyl (C=O) groups excluding carboxylic acids is 3. The summed E-state index contributed by atoms with van der Waals surface area (Å²) in [4.78, 5) is 35.6. The molecule has 0 unspecified atom stereocenters. The summed E-state index contributed by atoms with van der Waals surface area (Å²) in [6.07, 6.45) is -5.03. The van der Waals surface area contributed by atoms with Crippen LogP contribution in [0.3, 0.4) is 0 Å². The predicted molar refractivity (Wildman–Crippen MR) is 110 cm³/mol. The maximum atomic E-state index is 12.8. The number of aryl methyl sites for hydroxylation is 2. The largest absolute Gasteiger partial charge is 0.456 e. The molecule has 0 aliphatic rings. The molecule has 31 heavy (non-hydrogen) atoms. The molecule has 0 radical (unpaired) electrons. The average Bonchev–Trinajstić information content (AvgIpc) is 2.68. The van der Waals surface area contributed by atoms with Crippen LogP contribution >= 0.6 is 11.6 Å². The second-order valence-corrected chi connectivity index (χ2v) is 7.16. The number of hydrogen-bond donors (Lipinski definition) is 2. The van der Waals surface area contributed by atoms with E-state index in [2.05, 4.69) is 10.6 Å². The van der Waals surface area contributed by atoms with E-state index in [1.54, 1.807) is 12.1 Å². The molecule has 10 heteroatoms. The Morgan fingerprint density at radius 2 is 1.65 bits per heavy atom. The van der Waals surface area contributed by atoms with Crippen molar-refractivity contribution in [3.63, 3.8) is 0 Å². The number of ether oxygens (including phenoxy) is 1. The van der Waals surface area contributed by atoms with Gasteiger partial charge in [-0.2, -0.15) is 13.2 Å². The fraction of sp³-hybridized carbons (Fsp3) is 0.286. The summed E-state index contributed by atoms with van der Waals surface area (Å²) in [6.45, 7) is 3.11. The minimum atomic E-state index is -4.60. The van der Waals surface area contributed by atoms with Crippen LogP contribution in [-0.4, -0.2) is 24.4 Å². The molecular formula is C21H20ClF3N2O4. The third-order valence-corrected chi connectivity index (χ3v) is 4.61. The highest BCUT2D eigenvalue weighted by molar-refractivity contribution is 6.33. The molecule has 2 amide bonds. The van der Waals surface area contributed by atoms with Gasteiger partial charge in [0.15, 0.2) is 6.61 Å². The van der Waals surface area contributed by atoms with Crippen molar-refractivity contribution < 1.29 is 32.3 Å². The summed E-state index contributed by atoms with van der Waals surface area (Å²) in [6, 6.07) is 7.85. The van der Waals surface area contributed by atoms with Gasteiger partial charge in [0.2, 0.25) is 5.91 Å². The summed E-state index contributed by atoms with van der Waals surface area (Å²) < 4.78 is 43.0. The molecule has 2 aromatic carbocycles. The van der Waals surface area contributed by atoms with E-state index in [0.717, 1.165) is 23.3 Å². The Morgan fingerprint density at radius 1 is 0.935 bits per heavy atom. The number of benzene rings is 2. The highest BCUT2D eigenvalue weighted by Crippen LogP contribution is 2.33. The maximum Gasteiger partial charge on any atom is 0.416 e. The predicted octanol–water partition coefficient (Wildman–Crippen LogP) is 4.88. The van der Waals surface area contributed by atoms with Crippen molar-refractivity contribution in [3.05, 3.63) is 58.1 Å². The lowest BCUT2D eigenvalue weighted by Crippen LogP contribution is -2.22. The number of anilines is 2. The smallest absolute Gasteiger partial charge is 0.416 e. The topological polar surface area (TPSA) is 84.5 Å². The van der Waals surface area contributed by atoms with E-state index in [1.807, 2.05) is 19.9 Å². The minimum absolute atomic E-state index is 0.101. The molecule has 2 rings (SSSR count). The Labute approximate surface area is 181 Å². The summed E-state index contributed by atoms with van der Waals surface area (Å²) in [5.74, 6) is -2.07. The van der Waals surface area contributed by atoms with Gasteiger partial charge >= 0.3 is 12.1 Å². The van der Waals surface area contributed by atoms with Crippen LogP contribution in [0.15, 0.2) is 36.4 Å². The Bertz CT molecular complexity index is 993. The van der Waals surface area contributed by atoms with Gasteiger partial charge in [-0.3, -0.25) is 14.4 Å². The van der Waals surface area contributed by atoms with E-state index in [4.69, 9.17) is 16.3 Å². The van der Waals surface area contributed by atoms with Crippen molar-refractivity contribution in [2.75, 3.05) is 17.2 Å². The highest BCUT2D eigenvalue weighted by atomic mass is 35.5. The van der Waals surface area contributed by atoms with Crippen LogP contribution in [0.4, 0.5) is 24.5 Å². The average molecular weight is 457 g/mol. The van der Waals surface area contributed by atoms with Gasteiger partial charge in [-0.05, 0) is 55.3 Å². The van der Waals surface area contributed by atoms with Gasteiger partial charge in [0.25, 0.3) is 5.91 Å². The van der Waals surface area contributed by atoms with E-state index >= 15 is 0 Å². The second kappa shape index (κ2) is 10.3. The lowest BCUT2D eigenvalue weighted by Gasteiger charge is -2.12. The zero-order valence-corrected chi connectivity index (χ0v) is 17.5. The van der Waals surface area contributed by atoms with Crippen molar-refractivity contribution in [2.45, 2.75) is 32.9 Å². The van der Waals surface area contributed by atoms with Crippen LogP contribution in [0.25, 0.3) is 0 Å². The maximum absolute atomic E-state index is 12.8. The van der Waals surface area contributed by atoms with Gasteiger partial charge in [-0.25, -0.2) is 0 Å². The molecule has 0 bridgehead atoms. The van der Waals surface area contributed by atoms with Crippen LogP contribution in [0, 0.1) is 13.8 Å². The molecule has 0 aromatic heterocycles. The fourth-order valence-corrected chi connectivity index (χ4v) is 2.62. The van der Waals surface area contributed by atoms with E-state index in [-0.39, 0.29) is 23.6 Å². The number of amides is 2. The molecule has 0 aliphatic heterocycles. The van der Waals surface area contributed by atoms with Crippen LogP contribution in [0.2, 0.25) is 5.02 Å². The summed E-state index contributed by atoms with van der Waals surface area (Å²) in [5, 5.41) is 4.71. The molecule has 166 valence electrons. The zero-order chi connectivity index (χ0) is 23.2. The normalized spacial score (nSPS) is 11.0. The minimum Gasteiger partial charge on any atom is -0.456 e. The van der Waals surface area contributed by atoms with E-state index < -0.39 is 36.1 Å². The van der Waals surface area contributed by atoms with Crippen LogP contribution in [-0.2, 0) is 25.3 Å². The molecule has 2 aromatic rings. The fourth-order valence-electron chi connectivity index (χ4n) is 2.46. The second-order valence-electron chi connectivity index (χ2n) is 6.75. The molecule has 0 saturated heterocycles. The Balaban J connectivity index is 1.79. The third kappa shape index (κ3) is 7.60. The number of rotatable bonds is 7. The van der Waals surface area contributed by atoms with Crippen molar-refractivity contribution >= 4 is 40.8 Å². The summed E-state index contributed by atoms with van der Waals surface area (Å²) in [5.41, 5.74) is 1.43. The lowest BCUT2D eigenvalue weighted by atomic mass is 10.1. The zero-order valence-electron chi connectivity index (χ0n) is 16.7. The standard InChI is InChI=1S/C21H20ClF3N2O4/c1-12-3-5-15(9-13(12)2)26-18(28)7-8-20(30)31-11-19(29)27-17-10-14(21(23,24)25)4-6-16(17)22/h3-6,9-10H,7-8,11H2,1-2H3,(H,26,28)(H,27,29). The number of hydrogen-bond acceptors (Lipinski definition) is 4. The third-order valence-electron chi connectivity index (χ3n) is 4.28. The van der Waals surface area contributed by atoms with Crippen molar-refractivity contribution in [3.8, 4) is 0 Å². The van der Waals surface area contributed by atoms with E-state index in [1.165, 1.54) is 0 Å². The number of esters is 1. The molecule has 0 fully saturated rings. The first-order valence-electron chi connectivity index (χ1n) is 9.15. The molecular weight excluding hydrogens is 437 g/mol. The molecule has 0 saturated carbocycles. The first-order chi connectivity index (χ1) is 14.5. The number of halogens is 4. The van der Waals surface area contributed by atoms with Gasteiger partial charge < -0.3 is 15.4 Å². The lowest BCUT2D eigenvalue weighted by molar-refractivity contribution is -0.147. The summed E-state index contributed by atoms with van der Waals surface area (Å²) in [7, 11) is 0. The van der Waals surface area contributed by atoms with Crippen molar-refractivity contribution in [1.82, 2.24) is 0 Å². The molecule has 2 N–H and O–H groups in total. The number of carbonyl (C=O) groups is 3. The van der Waals surface area contributed by atoms with Gasteiger partial charge in [-0.1, -0.05) is 17.7 Å². The SMILES string of the molecule is Cc1ccc(NC(=O)CCC(=O)OCC(=O)Nc2cc(C(F)(F)F)ccc2Cl)cc1C. The Hall–Kier alpha value is -3.07. The van der Waals surface area contributed by atoms with E-state index in [9.17, 15) is 27.6 Å². The van der Waals surface area contributed by atoms with Gasteiger partial charge in [0, 0.05) is 12.1 Å². The molecule has 0 aliphatic carbocycles. The van der Waals surface area contributed by atoms with Crippen molar-refractivity contribution in [1.29, 1.82) is 0 Å². The first-order valence-corrected chi connectivity index (χ1v) is 9.53. The van der Waals surface area contributed by atoms with Gasteiger partial charge in [-0.15, -0.1) is 0 Å². The molecule has 0 atom stereocenters. The van der Waals surface area contributed by atoms with Crippen LogP contribution in [0.1, 0.15) is 29.5 Å². The molecule has 0 spiro atoms. The molecule has 6 nitrogen and oxygen atoms in total. The Kier molecular flexibility index (Phi) is 8.04. The quantitative estimate of drug-likeness (QED) is 0.582. The highest BCUT2D eigenvalue weighted by Gasteiger charge is 2.31. The van der Waals surface area contributed by atoms with Crippen molar-refractivity contribution in [2.24, 2.45) is 0 Å². The first kappa shape index (κ1) is 24.2. The van der Waals surface area contributed by atoms with Crippen LogP contribution in [0.5, 0.6) is 0 Å². The van der Waals surface area contributed by atoms with Crippen LogP contribution < -0.4 is 10.6 Å². The monoisotopic (exact) mass is 456 g/mol. The van der Waals surface area contributed by atoms with Gasteiger partial charge in [0.05, 0.1) is 22.7 Å². The van der Waals surface area contributed by atoms with Gasteiger partial charge in [0.1, 0.15) is 0 Å². The number of nitrogens with one attached hydrogen (secondary N) is 2.